The minimum absolute atomic E-state index is 0.591. The lowest BCUT2D eigenvalue weighted by atomic mass is 10.2. The molecule has 1 aromatic rings. The highest BCUT2D eigenvalue weighted by molar-refractivity contribution is 5.41. The molecule has 1 aromatic heterocycles. The smallest absolute Gasteiger partial charge is 0.128 e. The predicted octanol–water partition coefficient (Wildman–Crippen LogP) is 1.92. The van der Waals surface area contributed by atoms with Crippen molar-refractivity contribution in [1.29, 1.82) is 0 Å². The van der Waals surface area contributed by atoms with Crippen LogP contribution in [0.2, 0.25) is 0 Å². The van der Waals surface area contributed by atoms with Crippen molar-refractivity contribution in [2.45, 2.75) is 38.3 Å². The molecule has 2 N–H and O–H groups in total. The highest BCUT2D eigenvalue weighted by Crippen LogP contribution is 2.25. The third-order valence-corrected chi connectivity index (χ3v) is 3.28. The zero-order valence-corrected chi connectivity index (χ0v) is 9.32. The first-order valence-corrected chi connectivity index (χ1v) is 5.69. The molecule has 0 aliphatic heterocycles. The van der Waals surface area contributed by atoms with E-state index >= 15 is 0 Å². The Kier molecular flexibility index (Phi) is 3.21. The van der Waals surface area contributed by atoms with Crippen LogP contribution in [0.1, 0.15) is 31.2 Å². The first-order valence-electron chi connectivity index (χ1n) is 5.69. The molecular formula is C12H19N3. The standard InChI is InChI=1S/C12H19N3/c1-15(11-4-2-3-5-11)12-8-10(9-13)6-7-14-12/h6-8,11H,2-5,9,13H2,1H3. The van der Waals surface area contributed by atoms with Crippen LogP contribution in [0.15, 0.2) is 18.3 Å². The van der Waals surface area contributed by atoms with Gasteiger partial charge in [0.15, 0.2) is 0 Å². The third kappa shape index (κ3) is 2.29. The van der Waals surface area contributed by atoms with Gasteiger partial charge in [0, 0.05) is 25.8 Å². The SMILES string of the molecule is CN(c1cc(CN)ccn1)C1CCCC1. The van der Waals surface area contributed by atoms with E-state index in [0.717, 1.165) is 11.4 Å². The molecule has 0 amide bonds. The molecule has 0 bridgehead atoms. The second-order valence-electron chi connectivity index (χ2n) is 4.28. The van der Waals surface area contributed by atoms with Gasteiger partial charge in [0.05, 0.1) is 0 Å². The van der Waals surface area contributed by atoms with Gasteiger partial charge in [-0.15, -0.1) is 0 Å². The molecule has 0 saturated heterocycles. The largest absolute Gasteiger partial charge is 0.357 e. The maximum Gasteiger partial charge on any atom is 0.128 e. The highest BCUT2D eigenvalue weighted by atomic mass is 15.2. The van der Waals surface area contributed by atoms with E-state index in [0.29, 0.717) is 12.6 Å². The Bertz CT molecular complexity index is 318. The molecule has 1 saturated carbocycles. The van der Waals surface area contributed by atoms with Crippen LogP contribution in [0, 0.1) is 0 Å². The summed E-state index contributed by atoms with van der Waals surface area (Å²) in [4.78, 5) is 6.70. The fourth-order valence-electron chi connectivity index (χ4n) is 2.26. The molecule has 3 heteroatoms. The van der Waals surface area contributed by atoms with Crippen LogP contribution >= 0.6 is 0 Å². The molecule has 82 valence electrons. The van der Waals surface area contributed by atoms with E-state index in [2.05, 4.69) is 23.0 Å². The number of hydrogen-bond acceptors (Lipinski definition) is 3. The van der Waals surface area contributed by atoms with Gasteiger partial charge in [0.25, 0.3) is 0 Å². The molecule has 0 unspecified atom stereocenters. The minimum Gasteiger partial charge on any atom is -0.357 e. The topological polar surface area (TPSA) is 42.1 Å². The van der Waals surface area contributed by atoms with Gasteiger partial charge in [-0.3, -0.25) is 0 Å². The average Bonchev–Trinajstić information content (AvgIpc) is 2.81. The van der Waals surface area contributed by atoms with Crippen LogP contribution in [0.5, 0.6) is 0 Å². The summed E-state index contributed by atoms with van der Waals surface area (Å²) >= 11 is 0. The van der Waals surface area contributed by atoms with Crippen molar-refractivity contribution in [2.24, 2.45) is 5.73 Å². The molecule has 0 aromatic carbocycles. The number of hydrogen-bond donors (Lipinski definition) is 1. The number of rotatable bonds is 3. The van der Waals surface area contributed by atoms with E-state index in [-0.39, 0.29) is 0 Å². The molecule has 0 radical (unpaired) electrons. The maximum atomic E-state index is 5.63. The number of nitrogens with two attached hydrogens (primary N) is 1. The fraction of sp³-hybridized carbons (Fsp3) is 0.583. The fourth-order valence-corrected chi connectivity index (χ4v) is 2.26. The summed E-state index contributed by atoms with van der Waals surface area (Å²) in [6.45, 7) is 0.591. The second-order valence-corrected chi connectivity index (χ2v) is 4.28. The molecule has 1 aliphatic rings. The summed E-state index contributed by atoms with van der Waals surface area (Å²) in [6, 6.07) is 4.75. The summed E-state index contributed by atoms with van der Waals surface area (Å²) in [5, 5.41) is 0. The minimum atomic E-state index is 0.591. The van der Waals surface area contributed by atoms with E-state index < -0.39 is 0 Å². The molecule has 1 fully saturated rings. The van der Waals surface area contributed by atoms with E-state index in [9.17, 15) is 0 Å². The van der Waals surface area contributed by atoms with Crippen molar-refractivity contribution in [3.63, 3.8) is 0 Å². The van der Waals surface area contributed by atoms with Gasteiger partial charge in [-0.1, -0.05) is 12.8 Å². The van der Waals surface area contributed by atoms with Gasteiger partial charge in [-0.2, -0.15) is 0 Å². The highest BCUT2D eigenvalue weighted by Gasteiger charge is 2.20. The molecule has 3 nitrogen and oxygen atoms in total. The Hall–Kier alpha value is -1.09. The van der Waals surface area contributed by atoms with Gasteiger partial charge in [-0.25, -0.2) is 4.98 Å². The lowest BCUT2D eigenvalue weighted by molar-refractivity contribution is 0.646. The third-order valence-electron chi connectivity index (χ3n) is 3.28. The summed E-state index contributed by atoms with van der Waals surface area (Å²) in [7, 11) is 2.14. The number of nitrogens with zero attached hydrogens (tertiary/aromatic N) is 2. The zero-order chi connectivity index (χ0) is 10.7. The number of pyridine rings is 1. The van der Waals surface area contributed by atoms with Crippen molar-refractivity contribution in [3.05, 3.63) is 23.9 Å². The van der Waals surface area contributed by atoms with Crippen molar-refractivity contribution in [3.8, 4) is 0 Å². The Labute approximate surface area is 91.3 Å². The maximum absolute atomic E-state index is 5.63. The number of aromatic nitrogens is 1. The van der Waals surface area contributed by atoms with Crippen LogP contribution in [-0.2, 0) is 6.54 Å². The van der Waals surface area contributed by atoms with Crippen LogP contribution < -0.4 is 10.6 Å². The second kappa shape index (κ2) is 4.62. The molecule has 2 rings (SSSR count). The Balaban J connectivity index is 2.13. The molecule has 0 spiro atoms. The Morgan fingerprint density at radius 3 is 2.87 bits per heavy atom. The predicted molar refractivity (Wildman–Crippen MR) is 62.8 cm³/mol. The van der Waals surface area contributed by atoms with Gasteiger partial charge in [0.2, 0.25) is 0 Å². The Morgan fingerprint density at radius 1 is 1.47 bits per heavy atom. The molecule has 1 heterocycles. The number of anilines is 1. The summed E-state index contributed by atoms with van der Waals surface area (Å²) in [5.74, 6) is 1.06. The Morgan fingerprint density at radius 2 is 2.20 bits per heavy atom. The van der Waals surface area contributed by atoms with Gasteiger partial charge < -0.3 is 10.6 Å². The zero-order valence-electron chi connectivity index (χ0n) is 9.32. The molecule has 1 aliphatic carbocycles. The van der Waals surface area contributed by atoms with Crippen molar-refractivity contribution in [2.75, 3.05) is 11.9 Å². The van der Waals surface area contributed by atoms with Gasteiger partial charge in [0.1, 0.15) is 5.82 Å². The van der Waals surface area contributed by atoms with Crippen LogP contribution in [0.3, 0.4) is 0 Å². The summed E-state index contributed by atoms with van der Waals surface area (Å²) in [6.07, 6.45) is 7.15. The van der Waals surface area contributed by atoms with Crippen LogP contribution in [-0.4, -0.2) is 18.1 Å². The normalized spacial score (nSPS) is 16.9. The lowest BCUT2D eigenvalue weighted by Gasteiger charge is -2.25. The molecular weight excluding hydrogens is 186 g/mol. The molecule has 0 atom stereocenters. The molecule has 15 heavy (non-hydrogen) atoms. The first kappa shape index (κ1) is 10.4. The van der Waals surface area contributed by atoms with Crippen LogP contribution in [0.4, 0.5) is 5.82 Å². The lowest BCUT2D eigenvalue weighted by Crippen LogP contribution is -2.29. The van der Waals surface area contributed by atoms with E-state index in [1.807, 2.05) is 12.3 Å². The van der Waals surface area contributed by atoms with E-state index in [1.165, 1.54) is 25.7 Å². The van der Waals surface area contributed by atoms with Crippen molar-refractivity contribution < 1.29 is 0 Å². The average molecular weight is 205 g/mol. The van der Waals surface area contributed by atoms with E-state index in [4.69, 9.17) is 5.73 Å². The van der Waals surface area contributed by atoms with Gasteiger partial charge in [-0.05, 0) is 30.5 Å². The van der Waals surface area contributed by atoms with Crippen molar-refractivity contribution in [1.82, 2.24) is 4.98 Å². The van der Waals surface area contributed by atoms with Gasteiger partial charge >= 0.3 is 0 Å². The van der Waals surface area contributed by atoms with E-state index in [1.54, 1.807) is 0 Å². The van der Waals surface area contributed by atoms with Crippen molar-refractivity contribution >= 4 is 5.82 Å². The van der Waals surface area contributed by atoms with Crippen LogP contribution in [0.25, 0.3) is 0 Å². The summed E-state index contributed by atoms with van der Waals surface area (Å²) in [5.41, 5.74) is 6.78. The quantitative estimate of drug-likeness (QED) is 0.819. The monoisotopic (exact) mass is 205 g/mol. The first-order chi connectivity index (χ1) is 7.31. The summed E-state index contributed by atoms with van der Waals surface area (Å²) < 4.78 is 0.